The van der Waals surface area contributed by atoms with Crippen LogP contribution in [0.25, 0.3) is 11.1 Å². The summed E-state index contributed by atoms with van der Waals surface area (Å²) in [5.41, 5.74) is 1.94. The highest BCUT2D eigenvalue weighted by atomic mass is 32.2. The molecule has 2 aromatic rings. The predicted molar refractivity (Wildman–Crippen MR) is 94.1 cm³/mol. The molecule has 1 aromatic heterocycles. The van der Waals surface area contributed by atoms with E-state index in [-0.39, 0.29) is 5.56 Å². The van der Waals surface area contributed by atoms with Gasteiger partial charge in [-0.2, -0.15) is 5.26 Å². The molecule has 0 saturated carbocycles. The number of aromatic nitrogens is 1. The highest BCUT2D eigenvalue weighted by Gasteiger charge is 2.12. The summed E-state index contributed by atoms with van der Waals surface area (Å²) in [6.45, 7) is 3.24. The van der Waals surface area contributed by atoms with E-state index in [4.69, 9.17) is 0 Å². The molecule has 24 heavy (non-hydrogen) atoms. The van der Waals surface area contributed by atoms with Crippen molar-refractivity contribution in [2.24, 2.45) is 7.05 Å². The molecular formula is C16H16N4O3S. The molecule has 0 aliphatic rings. The molecule has 1 aromatic carbocycles. The van der Waals surface area contributed by atoms with Crippen molar-refractivity contribution in [3.05, 3.63) is 58.4 Å². The second kappa shape index (κ2) is 6.60. The maximum absolute atomic E-state index is 12.0. The molecule has 0 saturated heterocycles. The van der Waals surface area contributed by atoms with Crippen molar-refractivity contribution >= 4 is 21.4 Å². The quantitative estimate of drug-likeness (QED) is 0.861. The van der Waals surface area contributed by atoms with Crippen LogP contribution in [0, 0.1) is 11.3 Å². The molecule has 7 nitrogen and oxygen atoms in total. The zero-order chi connectivity index (χ0) is 17.9. The van der Waals surface area contributed by atoms with Crippen LogP contribution >= 0.6 is 0 Å². The predicted octanol–water partition coefficient (Wildman–Crippen LogP) is 1.85. The van der Waals surface area contributed by atoms with Gasteiger partial charge >= 0.3 is 0 Å². The maximum atomic E-state index is 12.0. The van der Waals surface area contributed by atoms with Gasteiger partial charge in [0.1, 0.15) is 5.69 Å². The van der Waals surface area contributed by atoms with Gasteiger partial charge in [0.05, 0.1) is 11.6 Å². The first-order chi connectivity index (χ1) is 11.3. The Balaban J connectivity index is 2.65. The monoisotopic (exact) mass is 344 g/mol. The molecule has 0 atom stereocenters. The molecule has 2 rings (SSSR count). The summed E-state index contributed by atoms with van der Waals surface area (Å²) in [7, 11) is -0.430. The van der Waals surface area contributed by atoms with Crippen LogP contribution in [-0.2, 0) is 17.1 Å². The lowest BCUT2D eigenvalue weighted by Gasteiger charge is -2.12. The Kier molecular flexibility index (Phi) is 4.76. The Labute approximate surface area is 139 Å². The van der Waals surface area contributed by atoms with Crippen molar-refractivity contribution < 1.29 is 8.42 Å². The molecule has 0 bridgehead atoms. The van der Waals surface area contributed by atoms with Crippen molar-refractivity contribution in [3.8, 4) is 17.2 Å². The van der Waals surface area contributed by atoms with Gasteiger partial charge in [0.15, 0.2) is 0 Å². The Morgan fingerprint density at radius 1 is 1.33 bits per heavy atom. The highest BCUT2D eigenvalue weighted by Crippen LogP contribution is 2.28. The molecule has 0 amide bonds. The summed E-state index contributed by atoms with van der Waals surface area (Å²) in [4.78, 5) is 12.0. The van der Waals surface area contributed by atoms with Crippen molar-refractivity contribution in [2.75, 3.05) is 17.1 Å². The van der Waals surface area contributed by atoms with Crippen LogP contribution in [0.1, 0.15) is 5.56 Å². The summed E-state index contributed by atoms with van der Waals surface area (Å²) < 4.78 is 27.0. The fourth-order valence-electron chi connectivity index (χ4n) is 2.19. The minimum Gasteiger partial charge on any atom is -0.384 e. The van der Waals surface area contributed by atoms with Gasteiger partial charge in [-0.3, -0.25) is 9.52 Å². The number of rotatable bonds is 5. The number of nitrogens with one attached hydrogen (secondary N) is 2. The number of aryl methyl sites for hydroxylation is 1. The van der Waals surface area contributed by atoms with E-state index in [1.807, 2.05) is 0 Å². The number of anilines is 2. The second-order valence-electron chi connectivity index (χ2n) is 4.99. The fraction of sp³-hybridized carbons (Fsp3) is 0.125. The van der Waals surface area contributed by atoms with E-state index >= 15 is 0 Å². The van der Waals surface area contributed by atoms with Gasteiger partial charge in [-0.1, -0.05) is 6.58 Å². The molecular weight excluding hydrogens is 328 g/mol. The number of sulfonamides is 1. The molecule has 2 N–H and O–H groups in total. The van der Waals surface area contributed by atoms with Crippen molar-refractivity contribution in [2.45, 2.75) is 0 Å². The average Bonchev–Trinajstić information content (AvgIpc) is 2.56. The van der Waals surface area contributed by atoms with Crippen LogP contribution in [0.5, 0.6) is 0 Å². The standard InChI is InChI=1S/C16H16N4O3S/c1-4-24(22,23)19-13-6-5-11(9-17)14(8-13)12-7-15(18-2)16(21)20(3)10-12/h4-8,10,18-19H,1H2,2-3H3. The van der Waals surface area contributed by atoms with Crippen molar-refractivity contribution in [3.63, 3.8) is 0 Å². The summed E-state index contributed by atoms with van der Waals surface area (Å²) >= 11 is 0. The third-order valence-electron chi connectivity index (χ3n) is 3.38. The Hall–Kier alpha value is -3.05. The summed E-state index contributed by atoms with van der Waals surface area (Å²) in [6.07, 6.45) is 1.59. The number of pyridine rings is 1. The first-order valence-corrected chi connectivity index (χ1v) is 8.44. The van der Waals surface area contributed by atoms with Crippen LogP contribution in [-0.4, -0.2) is 20.0 Å². The van der Waals surface area contributed by atoms with Crippen LogP contribution in [0.2, 0.25) is 0 Å². The number of benzene rings is 1. The summed E-state index contributed by atoms with van der Waals surface area (Å²) in [5.74, 6) is 0. The molecule has 0 radical (unpaired) electrons. The van der Waals surface area contributed by atoms with Crippen molar-refractivity contribution in [1.82, 2.24) is 4.57 Å². The second-order valence-corrected chi connectivity index (χ2v) is 6.62. The first-order valence-electron chi connectivity index (χ1n) is 6.89. The van der Waals surface area contributed by atoms with Crippen LogP contribution in [0.3, 0.4) is 0 Å². The zero-order valence-electron chi connectivity index (χ0n) is 13.2. The van der Waals surface area contributed by atoms with Gasteiger partial charge in [0.2, 0.25) is 0 Å². The van der Waals surface area contributed by atoms with Crippen LogP contribution < -0.4 is 15.6 Å². The van der Waals surface area contributed by atoms with E-state index in [1.54, 1.807) is 32.4 Å². The Bertz CT molecular complexity index is 1000. The molecule has 8 heteroatoms. The third kappa shape index (κ3) is 3.47. The van der Waals surface area contributed by atoms with Gasteiger partial charge in [-0.15, -0.1) is 0 Å². The van der Waals surface area contributed by atoms with Gasteiger partial charge in [-0.25, -0.2) is 8.42 Å². The van der Waals surface area contributed by atoms with Gasteiger partial charge < -0.3 is 9.88 Å². The first kappa shape index (κ1) is 17.3. The van der Waals surface area contributed by atoms with Gasteiger partial charge in [-0.05, 0) is 24.3 Å². The molecule has 124 valence electrons. The molecule has 0 fully saturated rings. The maximum Gasteiger partial charge on any atom is 0.273 e. The molecule has 0 spiro atoms. The van der Waals surface area contributed by atoms with Crippen LogP contribution in [0.15, 0.2) is 47.2 Å². The number of hydrogen-bond donors (Lipinski definition) is 2. The number of nitriles is 1. The lowest BCUT2D eigenvalue weighted by molar-refractivity contribution is 0.609. The summed E-state index contributed by atoms with van der Waals surface area (Å²) in [6, 6.07) is 8.22. The molecule has 0 aliphatic heterocycles. The number of nitrogens with zero attached hydrogens (tertiary/aromatic N) is 2. The average molecular weight is 344 g/mol. The molecule has 1 heterocycles. The third-order valence-corrected chi connectivity index (χ3v) is 4.34. The normalized spacial score (nSPS) is 10.7. The largest absolute Gasteiger partial charge is 0.384 e. The SMILES string of the molecule is C=CS(=O)(=O)Nc1ccc(C#N)c(-c2cc(NC)c(=O)n(C)c2)c1. The molecule has 0 aliphatic carbocycles. The van der Waals surface area contributed by atoms with E-state index < -0.39 is 10.0 Å². The topological polar surface area (TPSA) is 104 Å². The Morgan fingerprint density at radius 2 is 2.04 bits per heavy atom. The zero-order valence-corrected chi connectivity index (χ0v) is 14.0. The van der Waals surface area contributed by atoms with E-state index in [0.29, 0.717) is 28.1 Å². The van der Waals surface area contributed by atoms with E-state index in [2.05, 4.69) is 22.7 Å². The van der Waals surface area contributed by atoms with E-state index in [0.717, 1.165) is 5.41 Å². The summed E-state index contributed by atoms with van der Waals surface area (Å²) in [5, 5.41) is 12.9. The smallest absolute Gasteiger partial charge is 0.273 e. The highest BCUT2D eigenvalue weighted by molar-refractivity contribution is 7.95. The number of hydrogen-bond acceptors (Lipinski definition) is 5. The lowest BCUT2D eigenvalue weighted by Crippen LogP contribution is -2.19. The van der Waals surface area contributed by atoms with Gasteiger partial charge in [0.25, 0.3) is 15.6 Å². The van der Waals surface area contributed by atoms with E-state index in [9.17, 15) is 18.5 Å². The molecule has 0 unspecified atom stereocenters. The van der Waals surface area contributed by atoms with Crippen molar-refractivity contribution in [1.29, 1.82) is 5.26 Å². The minimum atomic E-state index is -3.66. The van der Waals surface area contributed by atoms with Crippen LogP contribution in [0.4, 0.5) is 11.4 Å². The van der Waals surface area contributed by atoms with Gasteiger partial charge in [0, 0.05) is 42.5 Å². The minimum absolute atomic E-state index is 0.205. The Morgan fingerprint density at radius 3 is 2.62 bits per heavy atom. The lowest BCUT2D eigenvalue weighted by atomic mass is 10.0. The fourth-order valence-corrected chi connectivity index (χ4v) is 2.73. The van der Waals surface area contributed by atoms with E-state index in [1.165, 1.54) is 16.7 Å².